The normalized spacial score (nSPS) is 15.7. The largest absolute Gasteiger partial charge is 0.397 e. The van der Waals surface area contributed by atoms with E-state index in [9.17, 15) is 18.0 Å². The third-order valence-corrected chi connectivity index (χ3v) is 6.69. The highest BCUT2D eigenvalue weighted by atomic mass is 19.4. The lowest BCUT2D eigenvalue weighted by atomic mass is 10.1. The van der Waals surface area contributed by atoms with E-state index in [0.29, 0.717) is 41.5 Å². The molecule has 1 fully saturated rings. The predicted octanol–water partition coefficient (Wildman–Crippen LogP) is 4.40. The van der Waals surface area contributed by atoms with Crippen molar-refractivity contribution in [2.24, 2.45) is 7.05 Å². The Hall–Kier alpha value is -4.00. The average Bonchev–Trinajstić information content (AvgIpc) is 3.49. The monoisotopic (exact) mass is 530 g/mol. The van der Waals surface area contributed by atoms with Crippen LogP contribution in [0.3, 0.4) is 0 Å². The SMILES string of the molecule is CC(c1ccnc(Nc2nc3c(F)c(-c4cnn(C)c4)ccc3[nH]2)c1)N1CCN(C(=O)CC(F)(F)F)CC1. The van der Waals surface area contributed by atoms with Crippen molar-refractivity contribution in [3.63, 3.8) is 0 Å². The molecule has 0 bridgehead atoms. The number of nitrogens with zero attached hydrogens (tertiary/aromatic N) is 6. The van der Waals surface area contributed by atoms with Gasteiger partial charge in [0.15, 0.2) is 5.82 Å². The standard InChI is InChI=1S/C25H26F4N8O/c1-15(36-7-9-37(10-8-36)21(38)12-25(27,28)29)16-5-6-30-20(11-16)33-24-32-19-4-3-18(22(26)23(19)34-24)17-13-31-35(2)14-17/h3-6,11,13-15H,7-10,12H2,1-2H3,(H2,30,32,33,34). The molecule has 9 nitrogen and oxygen atoms in total. The number of imidazole rings is 1. The molecule has 0 radical (unpaired) electrons. The Balaban J connectivity index is 1.26. The van der Waals surface area contributed by atoms with Crippen molar-refractivity contribution in [1.82, 2.24) is 34.5 Å². The maximum Gasteiger partial charge on any atom is 0.397 e. The van der Waals surface area contributed by atoms with Crippen molar-refractivity contribution in [1.29, 1.82) is 0 Å². The first-order valence-electron chi connectivity index (χ1n) is 12.1. The molecule has 0 aliphatic carbocycles. The van der Waals surface area contributed by atoms with E-state index in [1.165, 1.54) is 4.90 Å². The van der Waals surface area contributed by atoms with Gasteiger partial charge in [0.2, 0.25) is 11.9 Å². The van der Waals surface area contributed by atoms with Crippen molar-refractivity contribution in [3.05, 3.63) is 54.2 Å². The summed E-state index contributed by atoms with van der Waals surface area (Å²) in [4.78, 5) is 27.0. The summed E-state index contributed by atoms with van der Waals surface area (Å²) in [5.74, 6) is -0.519. The zero-order valence-electron chi connectivity index (χ0n) is 20.8. The van der Waals surface area contributed by atoms with Crippen molar-refractivity contribution in [2.45, 2.75) is 25.6 Å². The summed E-state index contributed by atoms with van der Waals surface area (Å²) in [7, 11) is 1.76. The summed E-state index contributed by atoms with van der Waals surface area (Å²) in [5.41, 5.74) is 2.70. The number of halogens is 4. The molecule has 1 aliphatic rings. The molecule has 200 valence electrons. The highest BCUT2D eigenvalue weighted by molar-refractivity contribution is 5.84. The maximum atomic E-state index is 15.2. The molecule has 1 aromatic carbocycles. The van der Waals surface area contributed by atoms with Crippen molar-refractivity contribution >= 4 is 28.7 Å². The molecule has 13 heteroatoms. The molecular weight excluding hydrogens is 504 g/mol. The molecule has 1 amide bonds. The first kappa shape index (κ1) is 25.6. The number of carbonyl (C=O) groups is 1. The van der Waals surface area contributed by atoms with Crippen LogP contribution in [0.25, 0.3) is 22.2 Å². The molecule has 1 atom stereocenters. The highest BCUT2D eigenvalue weighted by Gasteiger charge is 2.35. The van der Waals surface area contributed by atoms with Gasteiger partial charge in [-0.2, -0.15) is 18.3 Å². The summed E-state index contributed by atoms with van der Waals surface area (Å²) >= 11 is 0. The molecule has 2 N–H and O–H groups in total. The Morgan fingerprint density at radius 1 is 1.18 bits per heavy atom. The fourth-order valence-corrected chi connectivity index (χ4v) is 4.63. The van der Waals surface area contributed by atoms with Gasteiger partial charge in [-0.15, -0.1) is 0 Å². The van der Waals surface area contributed by atoms with E-state index >= 15 is 4.39 Å². The van der Waals surface area contributed by atoms with E-state index in [2.05, 4.69) is 30.3 Å². The molecule has 5 rings (SSSR count). The van der Waals surface area contributed by atoms with Crippen LogP contribution in [-0.4, -0.2) is 72.8 Å². The molecule has 3 aromatic heterocycles. The fourth-order valence-electron chi connectivity index (χ4n) is 4.63. The van der Waals surface area contributed by atoms with Gasteiger partial charge in [0.25, 0.3) is 0 Å². The zero-order chi connectivity index (χ0) is 27.0. The molecule has 1 aliphatic heterocycles. The van der Waals surface area contributed by atoms with Crippen LogP contribution < -0.4 is 5.32 Å². The number of aromatic nitrogens is 5. The van der Waals surface area contributed by atoms with Gasteiger partial charge in [0.05, 0.1) is 11.7 Å². The Morgan fingerprint density at radius 3 is 2.63 bits per heavy atom. The first-order chi connectivity index (χ1) is 18.1. The maximum absolute atomic E-state index is 15.2. The predicted molar refractivity (Wildman–Crippen MR) is 133 cm³/mol. The smallest absolute Gasteiger partial charge is 0.340 e. The van der Waals surface area contributed by atoms with Crippen LogP contribution in [0.5, 0.6) is 0 Å². The highest BCUT2D eigenvalue weighted by Crippen LogP contribution is 2.30. The Kier molecular flexibility index (Phi) is 6.78. The minimum Gasteiger partial charge on any atom is -0.340 e. The van der Waals surface area contributed by atoms with Crippen LogP contribution in [0, 0.1) is 5.82 Å². The van der Waals surface area contributed by atoms with Crippen LogP contribution in [-0.2, 0) is 11.8 Å². The van der Waals surface area contributed by atoms with Gasteiger partial charge < -0.3 is 15.2 Å². The number of hydrogen-bond acceptors (Lipinski definition) is 6. The van der Waals surface area contributed by atoms with Crippen molar-refractivity contribution < 1.29 is 22.4 Å². The van der Waals surface area contributed by atoms with Gasteiger partial charge >= 0.3 is 6.18 Å². The number of fused-ring (bicyclic) bond motifs is 1. The third kappa shape index (κ3) is 5.47. The van der Waals surface area contributed by atoms with Crippen LogP contribution in [0.4, 0.5) is 29.3 Å². The van der Waals surface area contributed by atoms with Crippen molar-refractivity contribution in [2.75, 3.05) is 31.5 Å². The topological polar surface area (TPSA) is 95.0 Å². The zero-order valence-corrected chi connectivity index (χ0v) is 20.8. The summed E-state index contributed by atoms with van der Waals surface area (Å²) in [5, 5.41) is 7.18. The number of benzene rings is 1. The number of H-pyrrole nitrogens is 1. The number of amides is 1. The Bertz CT molecular complexity index is 1460. The number of pyridine rings is 1. The van der Waals surface area contributed by atoms with E-state index in [4.69, 9.17) is 0 Å². The fraction of sp³-hybridized carbons (Fsp3) is 0.360. The summed E-state index contributed by atoms with van der Waals surface area (Å²) in [6.45, 7) is 3.38. The number of rotatable bonds is 6. The minimum absolute atomic E-state index is 0.0615. The molecule has 0 saturated carbocycles. The lowest BCUT2D eigenvalue weighted by Crippen LogP contribution is -2.50. The van der Waals surface area contributed by atoms with E-state index in [0.717, 1.165) is 5.56 Å². The second kappa shape index (κ2) is 10.0. The lowest BCUT2D eigenvalue weighted by molar-refractivity contribution is -0.162. The summed E-state index contributed by atoms with van der Waals surface area (Å²) < 4.78 is 54.5. The second-order valence-electron chi connectivity index (χ2n) is 9.30. The Labute approximate surface area is 215 Å². The summed E-state index contributed by atoms with van der Waals surface area (Å²) in [6.07, 6.45) is -0.978. The van der Waals surface area contributed by atoms with Crippen LogP contribution in [0.15, 0.2) is 42.9 Å². The Morgan fingerprint density at radius 2 is 1.95 bits per heavy atom. The minimum atomic E-state index is -4.50. The number of aromatic amines is 1. The van der Waals surface area contributed by atoms with Gasteiger partial charge in [-0.05, 0) is 36.8 Å². The molecule has 1 saturated heterocycles. The third-order valence-electron chi connectivity index (χ3n) is 6.69. The van der Waals surface area contributed by atoms with E-state index in [1.54, 1.807) is 42.5 Å². The number of hydrogen-bond donors (Lipinski definition) is 2. The quantitative estimate of drug-likeness (QED) is 0.359. The van der Waals surface area contributed by atoms with Crippen molar-refractivity contribution in [3.8, 4) is 11.1 Å². The second-order valence-corrected chi connectivity index (χ2v) is 9.30. The molecule has 38 heavy (non-hydrogen) atoms. The molecule has 1 unspecified atom stereocenters. The number of alkyl halides is 3. The van der Waals surface area contributed by atoms with Gasteiger partial charge in [-0.25, -0.2) is 14.4 Å². The number of aryl methyl sites for hydroxylation is 1. The van der Waals surface area contributed by atoms with E-state index in [-0.39, 0.29) is 24.6 Å². The average molecular weight is 531 g/mol. The molecule has 4 heterocycles. The van der Waals surface area contributed by atoms with Gasteiger partial charge in [-0.3, -0.25) is 14.4 Å². The lowest BCUT2D eigenvalue weighted by Gasteiger charge is -2.38. The van der Waals surface area contributed by atoms with Crippen LogP contribution >= 0.6 is 0 Å². The van der Waals surface area contributed by atoms with Gasteiger partial charge in [-0.1, -0.05) is 0 Å². The molecular formula is C25H26F4N8O. The number of piperazine rings is 1. The molecule has 0 spiro atoms. The van der Waals surface area contributed by atoms with E-state index < -0.39 is 24.3 Å². The van der Waals surface area contributed by atoms with Gasteiger partial charge in [0, 0.05) is 62.8 Å². The molecule has 4 aromatic rings. The van der Waals surface area contributed by atoms with Gasteiger partial charge in [0.1, 0.15) is 17.8 Å². The van der Waals surface area contributed by atoms with Crippen LogP contribution in [0.1, 0.15) is 24.9 Å². The first-order valence-corrected chi connectivity index (χ1v) is 12.1. The summed E-state index contributed by atoms with van der Waals surface area (Å²) in [6, 6.07) is 7.07. The number of nitrogens with one attached hydrogen (secondary N) is 2. The van der Waals surface area contributed by atoms with Crippen LogP contribution in [0.2, 0.25) is 0 Å². The number of carbonyl (C=O) groups excluding carboxylic acids is 1. The van der Waals surface area contributed by atoms with E-state index in [1.807, 2.05) is 19.1 Å². The number of anilines is 2.